The number of carbonyl (C=O) groups is 2. The van der Waals surface area contributed by atoms with E-state index in [1.807, 2.05) is 6.07 Å². The molecule has 21 heteroatoms. The molecule has 0 saturated carbocycles. The van der Waals surface area contributed by atoms with Crippen LogP contribution in [-0.4, -0.2) is 115 Å². The number of carbonyl (C=O) groups excluding carboxylic acids is 1. The van der Waals surface area contributed by atoms with Crippen molar-refractivity contribution in [2.75, 3.05) is 69.5 Å². The molecule has 4 N–H and O–H groups in total. The topological polar surface area (TPSA) is 216 Å². The van der Waals surface area contributed by atoms with Gasteiger partial charge in [0.25, 0.3) is 17.0 Å². The number of rotatable bonds is 21. The fraction of sp³-hybridized carbons (Fsp3) is 0.293. The molecule has 79 heavy (non-hydrogen) atoms. The van der Waals surface area contributed by atoms with Gasteiger partial charge in [-0.2, -0.15) is 15.2 Å². The van der Waals surface area contributed by atoms with Gasteiger partial charge >= 0.3 is 5.97 Å². The third-order valence-electron chi connectivity index (χ3n) is 13.5. The van der Waals surface area contributed by atoms with Crippen molar-refractivity contribution in [2.24, 2.45) is 0 Å². The average molecular weight is 1080 g/mol. The zero-order valence-corrected chi connectivity index (χ0v) is 44.6. The van der Waals surface area contributed by atoms with E-state index in [0.29, 0.717) is 63.1 Å². The molecule has 17 nitrogen and oxygen atoms in total. The summed E-state index contributed by atoms with van der Waals surface area (Å²) in [7, 11) is 0. The number of benzene rings is 4. The SMILES string of the molecule is CCN(CC)CCCNc1nc(-c2cccc(C(=O)NCC#N)c2C)c2ccc(=O)n(-c3c(F)cccc3F)c2n1.CCN(CC)CCCNc1nc(-c2cccc(C(=O)O)c2C)c2ccc(=O)n(-c3c(F)cccc3F)c2n1. The molecule has 0 spiro atoms. The fourth-order valence-corrected chi connectivity index (χ4v) is 9.20. The summed E-state index contributed by atoms with van der Waals surface area (Å²) in [4.78, 5) is 73.6. The van der Waals surface area contributed by atoms with Crippen LogP contribution in [0.5, 0.6) is 0 Å². The first-order valence-corrected chi connectivity index (χ1v) is 25.8. The number of nitriles is 1. The molecular formula is C58H60F4N12O5. The van der Waals surface area contributed by atoms with Crippen molar-refractivity contribution in [1.82, 2.24) is 44.2 Å². The van der Waals surface area contributed by atoms with Crippen molar-refractivity contribution in [3.63, 3.8) is 0 Å². The second-order valence-electron chi connectivity index (χ2n) is 18.1. The van der Waals surface area contributed by atoms with E-state index < -0.39 is 57.6 Å². The predicted octanol–water partition coefficient (Wildman–Crippen LogP) is 9.31. The zero-order chi connectivity index (χ0) is 56.9. The van der Waals surface area contributed by atoms with Crippen LogP contribution >= 0.6 is 0 Å². The Morgan fingerprint density at radius 3 is 1.37 bits per heavy atom. The molecule has 0 aliphatic rings. The molecule has 410 valence electrons. The Morgan fingerprint density at radius 2 is 0.975 bits per heavy atom. The van der Waals surface area contributed by atoms with E-state index in [1.165, 1.54) is 42.5 Å². The minimum atomic E-state index is -1.09. The molecule has 0 atom stereocenters. The van der Waals surface area contributed by atoms with Crippen LogP contribution in [0.4, 0.5) is 29.5 Å². The van der Waals surface area contributed by atoms with Gasteiger partial charge in [0, 0.05) is 52.7 Å². The van der Waals surface area contributed by atoms with Crippen molar-refractivity contribution in [3.05, 3.63) is 163 Å². The molecule has 4 aromatic carbocycles. The zero-order valence-electron chi connectivity index (χ0n) is 44.6. The summed E-state index contributed by atoms with van der Waals surface area (Å²) in [5, 5.41) is 28.1. The monoisotopic (exact) mass is 1080 g/mol. The molecule has 8 rings (SSSR count). The summed E-state index contributed by atoms with van der Waals surface area (Å²) in [6.45, 7) is 18.0. The second-order valence-corrected chi connectivity index (χ2v) is 18.1. The number of aromatic carboxylic acids is 1. The quantitative estimate of drug-likeness (QED) is 0.0300. The Bertz CT molecular complexity index is 3670. The first kappa shape index (κ1) is 57.8. The van der Waals surface area contributed by atoms with Gasteiger partial charge in [0.05, 0.1) is 23.0 Å². The molecule has 1 amide bonds. The van der Waals surface area contributed by atoms with E-state index in [4.69, 9.17) is 10.2 Å². The Labute approximate surface area is 453 Å². The van der Waals surface area contributed by atoms with Gasteiger partial charge in [-0.05, 0) is 126 Å². The third-order valence-corrected chi connectivity index (χ3v) is 13.5. The van der Waals surface area contributed by atoms with Gasteiger partial charge in [-0.15, -0.1) is 0 Å². The van der Waals surface area contributed by atoms with Crippen LogP contribution in [0.25, 0.3) is 56.0 Å². The first-order chi connectivity index (χ1) is 38.1. The van der Waals surface area contributed by atoms with Gasteiger partial charge in [0.2, 0.25) is 11.9 Å². The van der Waals surface area contributed by atoms with Crippen LogP contribution < -0.4 is 27.1 Å². The lowest BCUT2D eigenvalue weighted by Gasteiger charge is -2.18. The van der Waals surface area contributed by atoms with Crippen LogP contribution in [0.2, 0.25) is 0 Å². The number of anilines is 2. The minimum Gasteiger partial charge on any atom is -0.478 e. The van der Waals surface area contributed by atoms with Crippen molar-refractivity contribution in [3.8, 4) is 40.0 Å². The summed E-state index contributed by atoms with van der Waals surface area (Å²) < 4.78 is 61.3. The van der Waals surface area contributed by atoms with E-state index >= 15 is 0 Å². The van der Waals surface area contributed by atoms with Gasteiger partial charge in [-0.3, -0.25) is 23.5 Å². The molecule has 8 aromatic rings. The number of amides is 1. The van der Waals surface area contributed by atoms with Crippen LogP contribution in [0.3, 0.4) is 0 Å². The number of pyridine rings is 2. The third kappa shape index (κ3) is 12.9. The summed E-state index contributed by atoms with van der Waals surface area (Å²) in [6.07, 6.45) is 1.57. The minimum absolute atomic E-state index is 0.00197. The molecular weight excluding hydrogens is 1020 g/mol. The highest BCUT2D eigenvalue weighted by atomic mass is 19.1. The van der Waals surface area contributed by atoms with E-state index in [0.717, 1.165) is 85.5 Å². The standard InChI is InChI=1S/C30H31F2N7O2.C28H29F2N5O3/c1-4-38(5-2)18-8-16-35-30-36-26(20-9-6-10-21(19(20)3)29(41)34-17-15-33)22-13-14-25(40)39(28(22)37-30)27-23(31)11-7-12-24(27)32;1-4-34(5-2)16-8-15-31-28-32-24(18-9-6-10-19(17(18)3)27(37)38)20-13-14-23(36)35(26(20)33-28)25-21(29)11-7-12-22(25)30/h6-7,9-14H,4-5,8,16-18H2,1-3H3,(H,34,41)(H,35,36,37);6-7,9-14H,4-5,8,15-16H2,1-3H3,(H,37,38)(H,31,32,33). The van der Waals surface area contributed by atoms with Gasteiger partial charge in [0.1, 0.15) is 41.2 Å². The molecule has 0 unspecified atom stereocenters. The first-order valence-electron chi connectivity index (χ1n) is 25.8. The highest BCUT2D eigenvalue weighted by molar-refractivity contribution is 6.00. The van der Waals surface area contributed by atoms with Gasteiger partial charge in [-0.1, -0.05) is 64.1 Å². The lowest BCUT2D eigenvalue weighted by molar-refractivity contribution is 0.0695. The number of aromatic nitrogens is 6. The molecule has 0 saturated heterocycles. The van der Waals surface area contributed by atoms with Crippen LogP contribution in [0.15, 0.2) is 107 Å². The number of carboxylic acids is 1. The van der Waals surface area contributed by atoms with Crippen molar-refractivity contribution >= 4 is 45.8 Å². The van der Waals surface area contributed by atoms with E-state index in [1.54, 1.807) is 44.2 Å². The summed E-state index contributed by atoms with van der Waals surface area (Å²) in [5.74, 6) is -4.87. The molecule has 4 aromatic heterocycles. The predicted molar refractivity (Wildman–Crippen MR) is 297 cm³/mol. The molecule has 0 aliphatic heterocycles. The Morgan fingerprint density at radius 1 is 0.582 bits per heavy atom. The lowest BCUT2D eigenvalue weighted by Crippen LogP contribution is -2.26. The summed E-state index contributed by atoms with van der Waals surface area (Å²) in [5.41, 5.74) is 0.833. The number of nitrogens with one attached hydrogen (secondary N) is 3. The molecule has 0 aliphatic carbocycles. The van der Waals surface area contributed by atoms with Crippen molar-refractivity contribution in [1.29, 1.82) is 5.26 Å². The highest BCUT2D eigenvalue weighted by Crippen LogP contribution is 2.34. The average Bonchev–Trinajstić information content (AvgIpc) is 3.62. The smallest absolute Gasteiger partial charge is 0.335 e. The Balaban J connectivity index is 0.000000229. The number of hydrogen-bond donors (Lipinski definition) is 4. The lowest BCUT2D eigenvalue weighted by atomic mass is 9.97. The van der Waals surface area contributed by atoms with Crippen LogP contribution in [0, 0.1) is 48.4 Å². The number of halogens is 4. The molecule has 4 heterocycles. The Kier molecular flexibility index (Phi) is 19.4. The number of carboxylic acid groups (broad SMARTS) is 1. The van der Waals surface area contributed by atoms with Crippen LogP contribution in [-0.2, 0) is 0 Å². The summed E-state index contributed by atoms with van der Waals surface area (Å²) in [6, 6.07) is 23.9. The van der Waals surface area contributed by atoms with Crippen LogP contribution in [0.1, 0.15) is 72.4 Å². The fourth-order valence-electron chi connectivity index (χ4n) is 9.20. The normalized spacial score (nSPS) is 11.2. The molecule has 0 radical (unpaired) electrons. The second kappa shape index (κ2) is 26.5. The van der Waals surface area contributed by atoms with E-state index in [9.17, 15) is 41.8 Å². The van der Waals surface area contributed by atoms with Gasteiger partial charge in [-0.25, -0.2) is 32.3 Å². The summed E-state index contributed by atoms with van der Waals surface area (Å²) >= 11 is 0. The maximum absolute atomic E-state index is 14.9. The molecule has 0 fully saturated rings. The van der Waals surface area contributed by atoms with Gasteiger partial charge < -0.3 is 30.9 Å². The largest absolute Gasteiger partial charge is 0.478 e. The van der Waals surface area contributed by atoms with E-state index in [2.05, 4.69) is 68.4 Å². The number of hydrogen-bond acceptors (Lipinski definition) is 13. The highest BCUT2D eigenvalue weighted by Gasteiger charge is 2.24. The Hall–Kier alpha value is -8.87. The molecule has 0 bridgehead atoms. The number of para-hydroxylation sites is 2. The van der Waals surface area contributed by atoms with Gasteiger partial charge in [0.15, 0.2) is 11.3 Å². The maximum Gasteiger partial charge on any atom is 0.335 e. The number of fused-ring (bicyclic) bond motifs is 2. The van der Waals surface area contributed by atoms with Crippen molar-refractivity contribution < 1.29 is 32.3 Å². The van der Waals surface area contributed by atoms with E-state index in [-0.39, 0.29) is 35.3 Å². The van der Waals surface area contributed by atoms with Crippen molar-refractivity contribution in [2.45, 2.75) is 54.4 Å². The number of nitrogens with zero attached hydrogens (tertiary/aromatic N) is 9. The maximum atomic E-state index is 14.9.